The van der Waals surface area contributed by atoms with Gasteiger partial charge < -0.3 is 23.7 Å². The van der Waals surface area contributed by atoms with E-state index in [1.165, 1.54) is 0 Å². The van der Waals surface area contributed by atoms with Crippen LogP contribution in [0.1, 0.15) is 22.8 Å². The van der Waals surface area contributed by atoms with Crippen molar-refractivity contribution in [2.45, 2.75) is 26.1 Å². The van der Waals surface area contributed by atoms with Gasteiger partial charge >= 0.3 is 0 Å². The molecule has 4 heterocycles. The Bertz CT molecular complexity index is 1360. The summed E-state index contributed by atoms with van der Waals surface area (Å²) in [5, 5.41) is 0.678. The molecule has 1 saturated heterocycles. The quantitative estimate of drug-likeness (QED) is 0.572. The molecular formula is C25H24ClN3O5. The molecule has 2 aromatic carbocycles. The van der Waals surface area contributed by atoms with Gasteiger partial charge in [0.2, 0.25) is 12.2 Å². The van der Waals surface area contributed by atoms with Gasteiger partial charge in [-0.1, -0.05) is 17.7 Å². The van der Waals surface area contributed by atoms with Crippen LogP contribution in [-0.2, 0) is 13.1 Å². The van der Waals surface area contributed by atoms with Gasteiger partial charge in [0.15, 0.2) is 11.5 Å². The molecule has 34 heavy (non-hydrogen) atoms. The summed E-state index contributed by atoms with van der Waals surface area (Å²) in [5.74, 6) is 1.91. The topological polar surface area (TPSA) is 73.2 Å². The number of aromatic nitrogens is 1. The predicted molar refractivity (Wildman–Crippen MR) is 127 cm³/mol. The lowest BCUT2D eigenvalue weighted by atomic mass is 10.1. The third-order valence-electron chi connectivity index (χ3n) is 6.65. The molecule has 1 atom stereocenters. The Labute approximate surface area is 201 Å². The summed E-state index contributed by atoms with van der Waals surface area (Å²) < 4.78 is 18.7. The number of carbonyl (C=O) groups excluding carboxylic acids is 1. The number of amides is 1. The predicted octanol–water partition coefficient (Wildman–Crippen LogP) is 3.12. The van der Waals surface area contributed by atoms with Crippen LogP contribution >= 0.6 is 11.6 Å². The first kappa shape index (κ1) is 21.3. The van der Waals surface area contributed by atoms with Crippen molar-refractivity contribution in [1.82, 2.24) is 14.4 Å². The summed E-state index contributed by atoms with van der Waals surface area (Å²) in [6, 6.07) is 9.40. The van der Waals surface area contributed by atoms with Crippen LogP contribution in [0.5, 0.6) is 17.2 Å². The van der Waals surface area contributed by atoms with Crippen molar-refractivity contribution in [1.29, 1.82) is 0 Å². The first-order valence-electron chi connectivity index (χ1n) is 11.4. The molecule has 3 aromatic rings. The maximum Gasteiger partial charge on any atom is 0.259 e. The van der Waals surface area contributed by atoms with E-state index in [4.69, 9.17) is 25.8 Å². The lowest BCUT2D eigenvalue weighted by molar-refractivity contribution is 0.0626. The molecule has 1 amide bonds. The highest BCUT2D eigenvalue weighted by molar-refractivity contribution is 6.35. The average molecular weight is 482 g/mol. The SMILES string of the molecule is CC1Cn2cc(C(=O)N3CCN(Cc4ccc5c(c4)OCO5)CC3)c(=O)c3c(Cl)ccc(c32)O1. The number of ether oxygens (including phenoxy) is 3. The van der Waals surface area contributed by atoms with Crippen molar-refractivity contribution < 1.29 is 19.0 Å². The number of rotatable bonds is 3. The van der Waals surface area contributed by atoms with Gasteiger partial charge in [0, 0.05) is 38.9 Å². The zero-order valence-electron chi connectivity index (χ0n) is 18.8. The zero-order chi connectivity index (χ0) is 23.4. The number of fused-ring (bicyclic) bond motifs is 1. The number of nitrogens with zero attached hydrogens (tertiary/aromatic N) is 3. The van der Waals surface area contributed by atoms with Gasteiger partial charge in [0.1, 0.15) is 17.4 Å². The van der Waals surface area contributed by atoms with Crippen molar-refractivity contribution >= 4 is 28.4 Å². The van der Waals surface area contributed by atoms with Crippen LogP contribution in [0.25, 0.3) is 10.9 Å². The minimum Gasteiger partial charge on any atom is -0.487 e. The summed E-state index contributed by atoms with van der Waals surface area (Å²) in [4.78, 5) is 30.8. The van der Waals surface area contributed by atoms with Crippen LogP contribution in [0, 0.1) is 0 Å². The molecule has 0 spiro atoms. The van der Waals surface area contributed by atoms with Gasteiger partial charge in [-0.15, -0.1) is 0 Å². The van der Waals surface area contributed by atoms with Crippen LogP contribution in [0.15, 0.2) is 41.3 Å². The largest absolute Gasteiger partial charge is 0.487 e. The van der Waals surface area contributed by atoms with Gasteiger partial charge in [0.05, 0.1) is 22.5 Å². The second kappa shape index (κ2) is 8.21. The monoisotopic (exact) mass is 481 g/mol. The number of hydrogen-bond donors (Lipinski definition) is 0. The summed E-state index contributed by atoms with van der Waals surface area (Å²) >= 11 is 6.40. The van der Waals surface area contributed by atoms with Gasteiger partial charge in [-0.25, -0.2) is 0 Å². The molecule has 0 saturated carbocycles. The molecule has 0 aliphatic carbocycles. The van der Waals surface area contributed by atoms with E-state index in [9.17, 15) is 9.59 Å². The van der Waals surface area contributed by atoms with E-state index in [0.29, 0.717) is 41.3 Å². The van der Waals surface area contributed by atoms with Gasteiger partial charge in [-0.05, 0) is 36.8 Å². The first-order chi connectivity index (χ1) is 16.5. The first-order valence-corrected chi connectivity index (χ1v) is 11.8. The molecule has 1 fully saturated rings. The highest BCUT2D eigenvalue weighted by Gasteiger charge is 2.28. The van der Waals surface area contributed by atoms with Gasteiger partial charge in [0.25, 0.3) is 5.91 Å². The lowest BCUT2D eigenvalue weighted by Gasteiger charge is -2.35. The summed E-state index contributed by atoms with van der Waals surface area (Å²) in [6.45, 7) is 6.07. The third-order valence-corrected chi connectivity index (χ3v) is 6.96. The molecule has 9 heteroatoms. The van der Waals surface area contributed by atoms with Crippen LogP contribution in [-0.4, -0.2) is 59.4 Å². The number of hydrogen-bond acceptors (Lipinski definition) is 6. The Morgan fingerprint density at radius 1 is 1.06 bits per heavy atom. The Balaban J connectivity index is 1.21. The van der Waals surface area contributed by atoms with Crippen molar-refractivity contribution in [3.05, 3.63) is 62.9 Å². The van der Waals surface area contributed by atoms with E-state index in [0.717, 1.165) is 36.7 Å². The van der Waals surface area contributed by atoms with E-state index >= 15 is 0 Å². The zero-order valence-corrected chi connectivity index (χ0v) is 19.5. The average Bonchev–Trinajstić information content (AvgIpc) is 3.30. The molecule has 8 nitrogen and oxygen atoms in total. The molecule has 1 unspecified atom stereocenters. The fraction of sp³-hybridized carbons (Fsp3) is 0.360. The van der Waals surface area contributed by atoms with Crippen molar-refractivity contribution in [2.75, 3.05) is 33.0 Å². The molecule has 0 bridgehead atoms. The van der Waals surface area contributed by atoms with Crippen molar-refractivity contribution in [3.63, 3.8) is 0 Å². The maximum atomic E-state index is 13.4. The van der Waals surface area contributed by atoms with Crippen LogP contribution < -0.4 is 19.6 Å². The van der Waals surface area contributed by atoms with Crippen LogP contribution in [0.4, 0.5) is 0 Å². The molecule has 0 radical (unpaired) electrons. The molecule has 176 valence electrons. The van der Waals surface area contributed by atoms with Crippen molar-refractivity contribution in [2.24, 2.45) is 0 Å². The van der Waals surface area contributed by atoms with Crippen LogP contribution in [0.2, 0.25) is 5.02 Å². The molecule has 3 aliphatic heterocycles. The third kappa shape index (κ3) is 3.58. The minimum atomic E-state index is -0.343. The van der Waals surface area contributed by atoms with Crippen molar-refractivity contribution in [3.8, 4) is 17.2 Å². The van der Waals surface area contributed by atoms with E-state index < -0.39 is 0 Å². The fourth-order valence-electron chi connectivity index (χ4n) is 4.96. The van der Waals surface area contributed by atoms with E-state index in [1.54, 1.807) is 23.2 Å². The Morgan fingerprint density at radius 2 is 1.82 bits per heavy atom. The summed E-state index contributed by atoms with van der Waals surface area (Å²) in [5.41, 5.74) is 1.60. The molecule has 3 aliphatic rings. The molecule has 0 N–H and O–H groups in total. The number of carbonyl (C=O) groups is 1. The molecule has 1 aromatic heterocycles. The number of piperazine rings is 1. The van der Waals surface area contributed by atoms with Gasteiger partial charge in [-0.3, -0.25) is 14.5 Å². The molecule has 6 rings (SSSR count). The Hall–Kier alpha value is -3.23. The van der Waals surface area contributed by atoms with Gasteiger partial charge in [-0.2, -0.15) is 0 Å². The Kier molecular flexibility index (Phi) is 5.15. The van der Waals surface area contributed by atoms with E-state index in [2.05, 4.69) is 4.90 Å². The lowest BCUT2D eigenvalue weighted by Crippen LogP contribution is -2.49. The summed E-state index contributed by atoms with van der Waals surface area (Å²) in [7, 11) is 0. The highest BCUT2D eigenvalue weighted by Crippen LogP contribution is 2.34. The number of halogens is 1. The Morgan fingerprint density at radius 3 is 2.65 bits per heavy atom. The standard InChI is InChI=1S/C25H24ClN3O5/c1-15-11-29-13-17(24(30)22-18(26)3-5-20(34-15)23(22)29)25(31)28-8-6-27(7-9-28)12-16-2-4-19-21(10-16)33-14-32-19/h2-5,10,13,15H,6-9,11-12,14H2,1H3. The normalized spacial score (nSPS) is 19.4. The number of benzene rings is 2. The van der Waals surface area contributed by atoms with E-state index in [1.807, 2.05) is 29.7 Å². The highest BCUT2D eigenvalue weighted by atomic mass is 35.5. The second-order valence-electron chi connectivity index (χ2n) is 8.98. The van der Waals surface area contributed by atoms with E-state index in [-0.39, 0.29) is 29.8 Å². The fourth-order valence-corrected chi connectivity index (χ4v) is 5.20. The molecular weight excluding hydrogens is 458 g/mol. The summed E-state index contributed by atoms with van der Waals surface area (Å²) in [6.07, 6.45) is 1.60. The minimum absolute atomic E-state index is 0.0675. The number of pyridine rings is 1. The second-order valence-corrected chi connectivity index (χ2v) is 9.39. The van der Waals surface area contributed by atoms with Crippen LogP contribution in [0.3, 0.4) is 0 Å². The smallest absolute Gasteiger partial charge is 0.259 e. The maximum absolute atomic E-state index is 13.4.